The molecule has 0 aliphatic heterocycles. The third-order valence-corrected chi connectivity index (χ3v) is 2.52. The molecule has 2 rings (SSSR count). The number of oxazole rings is 1. The Balaban J connectivity index is 2.33. The van der Waals surface area contributed by atoms with Crippen LogP contribution in [0, 0.1) is 5.82 Å². The molecule has 4 nitrogen and oxygen atoms in total. The maximum Gasteiger partial charge on any atom is 0.208 e. The second-order valence-corrected chi connectivity index (χ2v) is 3.72. The van der Waals surface area contributed by atoms with Gasteiger partial charge in [0.25, 0.3) is 0 Å². The smallest absolute Gasteiger partial charge is 0.208 e. The summed E-state index contributed by atoms with van der Waals surface area (Å²) in [4.78, 5) is 4.10. The zero-order valence-electron chi connectivity index (χ0n) is 10.4. The second-order valence-electron chi connectivity index (χ2n) is 3.72. The van der Waals surface area contributed by atoms with Gasteiger partial charge in [-0.1, -0.05) is 13.0 Å². The van der Waals surface area contributed by atoms with Crippen LogP contribution in [0.25, 0.3) is 11.3 Å². The Bertz CT molecular complexity index is 525. The number of methoxy groups -OCH3 is 1. The summed E-state index contributed by atoms with van der Waals surface area (Å²) in [5.74, 6) is 0.941. The van der Waals surface area contributed by atoms with Crippen molar-refractivity contribution < 1.29 is 13.5 Å². The lowest BCUT2D eigenvalue weighted by atomic mass is 10.1. The molecule has 0 bridgehead atoms. The molecule has 0 saturated heterocycles. The molecule has 96 valence electrons. The van der Waals surface area contributed by atoms with Crippen LogP contribution >= 0.6 is 0 Å². The maximum atomic E-state index is 13.8. The molecule has 0 amide bonds. The van der Waals surface area contributed by atoms with Gasteiger partial charge in [0, 0.05) is 0 Å². The fourth-order valence-electron chi connectivity index (χ4n) is 1.65. The van der Waals surface area contributed by atoms with Crippen LogP contribution in [0.3, 0.4) is 0 Å². The molecule has 18 heavy (non-hydrogen) atoms. The topological polar surface area (TPSA) is 47.3 Å². The molecule has 0 fully saturated rings. The van der Waals surface area contributed by atoms with E-state index < -0.39 is 0 Å². The lowest BCUT2D eigenvalue weighted by molar-refractivity contribution is 0.409. The molecule has 1 N–H and O–H groups in total. The van der Waals surface area contributed by atoms with E-state index in [1.54, 1.807) is 12.1 Å². The summed E-state index contributed by atoms with van der Waals surface area (Å²) < 4.78 is 24.4. The van der Waals surface area contributed by atoms with E-state index in [0.717, 1.165) is 6.54 Å². The van der Waals surface area contributed by atoms with Crippen molar-refractivity contribution in [1.29, 1.82) is 0 Å². The van der Waals surface area contributed by atoms with Gasteiger partial charge < -0.3 is 14.5 Å². The number of halogens is 1. The van der Waals surface area contributed by atoms with E-state index in [0.29, 0.717) is 29.5 Å². The highest BCUT2D eigenvalue weighted by atomic mass is 19.1. The average molecular weight is 250 g/mol. The molecule has 0 aliphatic carbocycles. The molecule has 2 aromatic rings. The maximum absolute atomic E-state index is 13.8. The Labute approximate surface area is 105 Å². The lowest BCUT2D eigenvalue weighted by Gasteiger charge is -2.06. The van der Waals surface area contributed by atoms with Crippen molar-refractivity contribution in [2.45, 2.75) is 13.5 Å². The first-order chi connectivity index (χ1) is 8.76. The van der Waals surface area contributed by atoms with Crippen molar-refractivity contribution in [2.75, 3.05) is 13.7 Å². The van der Waals surface area contributed by atoms with Crippen molar-refractivity contribution in [3.8, 4) is 17.1 Å². The molecular weight excluding hydrogens is 235 g/mol. The molecule has 0 spiro atoms. The highest BCUT2D eigenvalue weighted by molar-refractivity contribution is 5.65. The van der Waals surface area contributed by atoms with E-state index in [2.05, 4.69) is 10.3 Å². The Morgan fingerprint density at radius 2 is 2.28 bits per heavy atom. The van der Waals surface area contributed by atoms with Crippen LogP contribution < -0.4 is 10.1 Å². The average Bonchev–Trinajstić information content (AvgIpc) is 2.84. The Kier molecular flexibility index (Phi) is 3.94. The van der Waals surface area contributed by atoms with Gasteiger partial charge in [0.2, 0.25) is 5.89 Å². The third kappa shape index (κ3) is 2.51. The summed E-state index contributed by atoms with van der Waals surface area (Å²) >= 11 is 0. The van der Waals surface area contributed by atoms with Gasteiger partial charge in [-0.15, -0.1) is 0 Å². The number of hydrogen-bond acceptors (Lipinski definition) is 4. The van der Waals surface area contributed by atoms with Crippen molar-refractivity contribution in [2.24, 2.45) is 0 Å². The van der Waals surface area contributed by atoms with Crippen molar-refractivity contribution in [3.63, 3.8) is 0 Å². The SMILES string of the molecule is CCNCc1ncc(-c2c(F)cccc2OC)o1. The summed E-state index contributed by atoms with van der Waals surface area (Å²) in [7, 11) is 1.49. The van der Waals surface area contributed by atoms with Gasteiger partial charge in [0.05, 0.1) is 25.4 Å². The number of nitrogens with zero attached hydrogens (tertiary/aromatic N) is 1. The highest BCUT2D eigenvalue weighted by Gasteiger charge is 2.15. The number of aromatic nitrogens is 1. The van der Waals surface area contributed by atoms with Gasteiger partial charge in [0.15, 0.2) is 5.76 Å². The first kappa shape index (κ1) is 12.6. The summed E-state index contributed by atoms with van der Waals surface area (Å²) in [6, 6.07) is 4.64. The molecule has 0 atom stereocenters. The molecule has 1 aromatic carbocycles. The standard InChI is InChI=1S/C13H15FN2O2/c1-3-15-8-12-16-7-11(18-12)13-9(14)5-4-6-10(13)17-2/h4-7,15H,3,8H2,1-2H3. The van der Waals surface area contributed by atoms with Crippen LogP contribution in [0.2, 0.25) is 0 Å². The normalized spacial score (nSPS) is 10.6. The molecule has 0 radical (unpaired) electrons. The van der Waals surface area contributed by atoms with Crippen LogP contribution in [0.5, 0.6) is 5.75 Å². The molecular formula is C13H15FN2O2. The highest BCUT2D eigenvalue weighted by Crippen LogP contribution is 2.32. The molecule has 1 heterocycles. The van der Waals surface area contributed by atoms with E-state index in [9.17, 15) is 4.39 Å². The van der Waals surface area contributed by atoms with E-state index >= 15 is 0 Å². The number of ether oxygens (including phenoxy) is 1. The Hall–Kier alpha value is -1.88. The van der Waals surface area contributed by atoms with Gasteiger partial charge in [0.1, 0.15) is 11.6 Å². The third-order valence-electron chi connectivity index (χ3n) is 2.52. The van der Waals surface area contributed by atoms with Crippen LogP contribution in [0.1, 0.15) is 12.8 Å². The fraction of sp³-hybridized carbons (Fsp3) is 0.308. The first-order valence-corrected chi connectivity index (χ1v) is 5.74. The van der Waals surface area contributed by atoms with Crippen LogP contribution in [-0.2, 0) is 6.54 Å². The van der Waals surface area contributed by atoms with Gasteiger partial charge in [-0.25, -0.2) is 9.37 Å². The minimum atomic E-state index is -0.388. The Morgan fingerprint density at radius 3 is 3.00 bits per heavy atom. The molecule has 0 saturated carbocycles. The van der Waals surface area contributed by atoms with E-state index in [1.165, 1.54) is 19.4 Å². The fourth-order valence-corrected chi connectivity index (χ4v) is 1.65. The van der Waals surface area contributed by atoms with Gasteiger partial charge >= 0.3 is 0 Å². The predicted molar refractivity (Wildman–Crippen MR) is 65.8 cm³/mol. The predicted octanol–water partition coefficient (Wildman–Crippen LogP) is 2.60. The summed E-state index contributed by atoms with van der Waals surface area (Å²) in [6.07, 6.45) is 1.51. The zero-order valence-corrected chi connectivity index (χ0v) is 10.4. The molecule has 1 aromatic heterocycles. The van der Waals surface area contributed by atoms with Gasteiger partial charge in [-0.3, -0.25) is 0 Å². The number of hydrogen-bond donors (Lipinski definition) is 1. The Morgan fingerprint density at radius 1 is 1.44 bits per heavy atom. The van der Waals surface area contributed by atoms with E-state index in [1.807, 2.05) is 6.92 Å². The van der Waals surface area contributed by atoms with Crippen molar-refractivity contribution >= 4 is 0 Å². The van der Waals surface area contributed by atoms with Crippen molar-refractivity contribution in [3.05, 3.63) is 36.1 Å². The van der Waals surface area contributed by atoms with Crippen molar-refractivity contribution in [1.82, 2.24) is 10.3 Å². The summed E-state index contributed by atoms with van der Waals surface area (Å²) in [6.45, 7) is 3.33. The van der Waals surface area contributed by atoms with E-state index in [-0.39, 0.29) is 5.82 Å². The largest absolute Gasteiger partial charge is 0.496 e. The first-order valence-electron chi connectivity index (χ1n) is 5.74. The second kappa shape index (κ2) is 5.64. The summed E-state index contributed by atoms with van der Waals surface area (Å²) in [5.41, 5.74) is 0.301. The van der Waals surface area contributed by atoms with Gasteiger partial charge in [-0.05, 0) is 18.7 Å². The number of rotatable bonds is 5. The molecule has 0 unspecified atom stereocenters. The number of benzene rings is 1. The zero-order chi connectivity index (χ0) is 13.0. The number of nitrogens with one attached hydrogen (secondary N) is 1. The van der Waals surface area contributed by atoms with Gasteiger partial charge in [-0.2, -0.15) is 0 Å². The van der Waals surface area contributed by atoms with E-state index in [4.69, 9.17) is 9.15 Å². The monoisotopic (exact) mass is 250 g/mol. The molecule has 0 aliphatic rings. The van der Waals surface area contributed by atoms with Crippen LogP contribution in [0.4, 0.5) is 4.39 Å². The quantitative estimate of drug-likeness (QED) is 0.886. The lowest BCUT2D eigenvalue weighted by Crippen LogP contribution is -2.11. The minimum Gasteiger partial charge on any atom is -0.496 e. The minimum absolute atomic E-state index is 0.301. The van der Waals surface area contributed by atoms with Crippen LogP contribution in [-0.4, -0.2) is 18.6 Å². The summed E-state index contributed by atoms with van der Waals surface area (Å²) in [5, 5.41) is 3.09. The van der Waals surface area contributed by atoms with Crippen LogP contribution in [0.15, 0.2) is 28.8 Å². The molecule has 5 heteroatoms.